The fraction of sp³-hybridized carbons (Fsp3) is 0.417. The van der Waals surface area contributed by atoms with Crippen molar-refractivity contribution in [3.63, 3.8) is 0 Å². The minimum Gasteiger partial charge on any atom is -0.322 e. The molecular weight excluding hydrogens is 333 g/mol. The van der Waals surface area contributed by atoms with E-state index in [2.05, 4.69) is 0 Å². The van der Waals surface area contributed by atoms with Gasteiger partial charge in [0, 0.05) is 0 Å². The molecule has 0 saturated carbocycles. The molecule has 4 nitrogen and oxygen atoms in total. The minimum atomic E-state index is -2.36. The largest absolute Gasteiger partial charge is 0.322 e. The van der Waals surface area contributed by atoms with Crippen LogP contribution in [0.1, 0.15) is 13.8 Å². The summed E-state index contributed by atoms with van der Waals surface area (Å²) in [6.45, 7) is 4.83. The van der Waals surface area contributed by atoms with Crippen molar-refractivity contribution in [1.82, 2.24) is 4.57 Å². The topological polar surface area (TPSA) is 40.5 Å². The second kappa shape index (κ2) is 7.20. The van der Waals surface area contributed by atoms with E-state index in [9.17, 15) is 4.79 Å². The maximum Gasteiger partial charge on any atom is 0.308 e. The number of nitrogens with zero attached hydrogens (tertiary/aromatic N) is 1. The molecule has 1 heterocycles. The monoisotopic (exact) mass is 349 g/mol. The first kappa shape index (κ1) is 16.2. The van der Waals surface area contributed by atoms with Crippen LogP contribution in [0.5, 0.6) is 0 Å². The summed E-state index contributed by atoms with van der Waals surface area (Å²) in [5, 5.41) is 0. The quantitative estimate of drug-likeness (QED) is 0.705. The average Bonchev–Trinajstić information content (AvgIpc) is 2.73. The lowest BCUT2D eigenvalue weighted by Gasteiger charge is -2.20. The number of rotatable bonds is 7. The SMILES string of the molecule is CCOP(=S)(OCC)SCn1c(=O)sc2ccccc21. The van der Waals surface area contributed by atoms with E-state index in [0.717, 1.165) is 10.2 Å². The number of hydrogen-bond donors (Lipinski definition) is 0. The normalized spacial score (nSPS) is 12.1. The molecule has 8 heteroatoms. The molecule has 0 bridgehead atoms. The minimum absolute atomic E-state index is 0.0215. The third-order valence-corrected chi connectivity index (χ3v) is 8.80. The fourth-order valence-corrected chi connectivity index (χ4v) is 6.94. The Bertz CT molecular complexity index is 672. The van der Waals surface area contributed by atoms with Gasteiger partial charge in [-0.25, -0.2) is 0 Å². The standard InChI is InChI=1S/C12H16NO3PS3/c1-3-15-17(18,16-4-2)19-9-13-10-7-5-6-8-11(10)20-12(13)14/h5-8H,3-4,9H2,1-2H3. The van der Waals surface area contributed by atoms with Crippen LogP contribution in [0.2, 0.25) is 0 Å². The van der Waals surface area contributed by atoms with Gasteiger partial charge in [-0.1, -0.05) is 23.5 Å². The molecule has 0 unspecified atom stereocenters. The Kier molecular flexibility index (Phi) is 5.84. The molecule has 0 N–H and O–H groups in total. The van der Waals surface area contributed by atoms with Crippen molar-refractivity contribution in [2.75, 3.05) is 13.2 Å². The van der Waals surface area contributed by atoms with Crippen LogP contribution >= 0.6 is 28.4 Å². The number of para-hydroxylation sites is 1. The van der Waals surface area contributed by atoms with E-state index in [1.54, 1.807) is 4.57 Å². The third-order valence-electron chi connectivity index (χ3n) is 2.49. The van der Waals surface area contributed by atoms with Gasteiger partial charge >= 0.3 is 4.87 Å². The smallest absolute Gasteiger partial charge is 0.308 e. The molecule has 0 saturated heterocycles. The zero-order valence-electron chi connectivity index (χ0n) is 11.3. The summed E-state index contributed by atoms with van der Waals surface area (Å²) in [5.74, 6) is 0.458. The van der Waals surface area contributed by atoms with E-state index in [-0.39, 0.29) is 4.87 Å². The predicted molar refractivity (Wildman–Crippen MR) is 91.2 cm³/mol. The van der Waals surface area contributed by atoms with Crippen LogP contribution in [0, 0.1) is 0 Å². The Balaban J connectivity index is 2.22. The maximum atomic E-state index is 12.0. The van der Waals surface area contributed by atoms with Crippen LogP contribution < -0.4 is 4.87 Å². The molecule has 1 aromatic carbocycles. The molecule has 1 aromatic heterocycles. The predicted octanol–water partition coefficient (Wildman–Crippen LogP) is 4.05. The summed E-state index contributed by atoms with van der Waals surface area (Å²) >= 11 is 8.11. The van der Waals surface area contributed by atoms with Crippen molar-refractivity contribution in [2.24, 2.45) is 0 Å². The summed E-state index contributed by atoms with van der Waals surface area (Å²) < 4.78 is 13.9. The Labute approximate surface area is 131 Å². The zero-order valence-corrected chi connectivity index (χ0v) is 14.6. The molecule has 0 aliphatic rings. The van der Waals surface area contributed by atoms with Crippen molar-refractivity contribution in [2.45, 2.75) is 19.7 Å². The van der Waals surface area contributed by atoms with E-state index in [4.69, 9.17) is 20.9 Å². The van der Waals surface area contributed by atoms with Crippen molar-refractivity contribution in [1.29, 1.82) is 0 Å². The van der Waals surface area contributed by atoms with Crippen molar-refractivity contribution >= 4 is 50.4 Å². The number of hydrogen-bond acceptors (Lipinski definition) is 6. The highest BCUT2D eigenvalue weighted by Crippen LogP contribution is 2.61. The molecule has 0 fully saturated rings. The molecular formula is C12H16NO3PS3. The van der Waals surface area contributed by atoms with E-state index >= 15 is 0 Å². The zero-order chi connectivity index (χ0) is 14.6. The van der Waals surface area contributed by atoms with Crippen molar-refractivity contribution in [3.05, 3.63) is 33.9 Å². The van der Waals surface area contributed by atoms with Gasteiger partial charge in [0.05, 0.1) is 29.3 Å². The van der Waals surface area contributed by atoms with Gasteiger partial charge in [0.1, 0.15) is 0 Å². The van der Waals surface area contributed by atoms with Gasteiger partial charge in [0.15, 0.2) is 0 Å². The average molecular weight is 349 g/mol. The Morgan fingerprint density at radius 1 is 1.30 bits per heavy atom. The van der Waals surface area contributed by atoms with Crippen LogP contribution in [0.25, 0.3) is 10.2 Å². The van der Waals surface area contributed by atoms with Crippen LogP contribution in [-0.4, -0.2) is 17.8 Å². The molecule has 0 radical (unpaired) electrons. The second-order valence-corrected chi connectivity index (χ2v) is 11.1. The molecule has 2 rings (SSSR count). The van der Waals surface area contributed by atoms with E-state index in [1.165, 1.54) is 22.7 Å². The number of fused-ring (bicyclic) bond motifs is 1. The molecule has 0 aliphatic carbocycles. The number of thiazole rings is 1. The second-order valence-electron chi connectivity index (χ2n) is 3.80. The fourth-order valence-electron chi connectivity index (χ4n) is 1.69. The van der Waals surface area contributed by atoms with Gasteiger partial charge in [-0.15, -0.1) is 0 Å². The van der Waals surface area contributed by atoms with Gasteiger partial charge in [0.25, 0.3) is 0 Å². The highest BCUT2D eigenvalue weighted by molar-refractivity contribution is 8.67. The van der Waals surface area contributed by atoms with Gasteiger partial charge in [-0.05, 0) is 49.2 Å². The lowest BCUT2D eigenvalue weighted by Crippen LogP contribution is -2.11. The molecule has 110 valence electrons. The van der Waals surface area contributed by atoms with E-state index in [1.807, 2.05) is 38.1 Å². The molecule has 0 aliphatic heterocycles. The number of benzene rings is 1. The van der Waals surface area contributed by atoms with Gasteiger partial charge < -0.3 is 9.05 Å². The summed E-state index contributed by atoms with van der Waals surface area (Å²) in [6.07, 6.45) is 0. The Morgan fingerprint density at radius 3 is 2.60 bits per heavy atom. The first-order chi connectivity index (χ1) is 9.59. The first-order valence-electron chi connectivity index (χ1n) is 6.21. The summed E-state index contributed by atoms with van der Waals surface area (Å²) in [4.78, 5) is 12.1. The molecule has 20 heavy (non-hydrogen) atoms. The Morgan fingerprint density at radius 2 is 1.95 bits per heavy atom. The molecule has 0 atom stereocenters. The third kappa shape index (κ3) is 3.72. The van der Waals surface area contributed by atoms with Crippen molar-refractivity contribution in [3.8, 4) is 0 Å². The van der Waals surface area contributed by atoms with E-state index < -0.39 is 5.69 Å². The summed E-state index contributed by atoms with van der Waals surface area (Å²) in [5.41, 5.74) is -1.43. The van der Waals surface area contributed by atoms with Crippen LogP contribution in [0.15, 0.2) is 29.1 Å². The highest BCUT2D eigenvalue weighted by atomic mass is 32.9. The van der Waals surface area contributed by atoms with Gasteiger partial charge in [-0.2, -0.15) is 0 Å². The van der Waals surface area contributed by atoms with E-state index in [0.29, 0.717) is 19.1 Å². The number of aromatic nitrogens is 1. The van der Waals surface area contributed by atoms with Gasteiger partial charge in [0.2, 0.25) is 5.69 Å². The molecule has 0 amide bonds. The lowest BCUT2D eigenvalue weighted by atomic mass is 10.3. The van der Waals surface area contributed by atoms with Crippen LogP contribution in [0.4, 0.5) is 0 Å². The van der Waals surface area contributed by atoms with Crippen LogP contribution in [-0.2, 0) is 26.7 Å². The summed E-state index contributed by atoms with van der Waals surface area (Å²) in [7, 11) is 0. The van der Waals surface area contributed by atoms with Crippen LogP contribution in [0.3, 0.4) is 0 Å². The summed E-state index contributed by atoms with van der Waals surface area (Å²) in [6, 6.07) is 7.75. The molecule has 2 aromatic rings. The first-order valence-corrected chi connectivity index (χ1v) is 11.3. The van der Waals surface area contributed by atoms with Gasteiger partial charge in [-0.3, -0.25) is 9.36 Å². The highest BCUT2D eigenvalue weighted by Gasteiger charge is 2.20. The maximum absolute atomic E-state index is 12.0. The van der Waals surface area contributed by atoms with Crippen molar-refractivity contribution < 1.29 is 9.05 Å². The Hall–Kier alpha value is -0.170. The molecule has 0 spiro atoms. The lowest BCUT2D eigenvalue weighted by molar-refractivity contribution is 0.280.